The van der Waals surface area contributed by atoms with Gasteiger partial charge in [-0.2, -0.15) is 11.8 Å². The van der Waals surface area contributed by atoms with E-state index in [2.05, 4.69) is 12.2 Å². The number of hydrogen-bond acceptors (Lipinski definition) is 3. The summed E-state index contributed by atoms with van der Waals surface area (Å²) in [4.78, 5) is 12.7. The molecule has 4 unspecified atom stereocenters. The number of hydrogen-bond donors (Lipinski definition) is 2. The maximum atomic E-state index is 12.7. The number of nitrogens with one attached hydrogen (secondary N) is 1. The van der Waals surface area contributed by atoms with E-state index >= 15 is 0 Å². The maximum Gasteiger partial charge on any atom is 0.223 e. The fourth-order valence-electron chi connectivity index (χ4n) is 4.81. The predicted octanol–water partition coefficient (Wildman–Crippen LogP) is 3.35. The molecule has 0 aromatic carbocycles. The quantitative estimate of drug-likeness (QED) is 0.820. The first-order valence-corrected chi connectivity index (χ1v) is 9.91. The number of carbonyl (C=O) groups excluding carboxylic acids is 1. The highest BCUT2D eigenvalue weighted by Crippen LogP contribution is 2.42. The fraction of sp³-hybridized carbons (Fsp3) is 0.941. The topological polar surface area (TPSA) is 55.1 Å². The molecular formula is C17H31ClN2OS. The van der Waals surface area contributed by atoms with Gasteiger partial charge in [0.25, 0.3) is 0 Å². The lowest BCUT2D eigenvalue weighted by Gasteiger charge is -2.43. The smallest absolute Gasteiger partial charge is 0.223 e. The molecule has 3 nitrogen and oxygen atoms in total. The Hall–Kier alpha value is 0.0700. The Bertz CT molecular complexity index is 368. The highest BCUT2D eigenvalue weighted by molar-refractivity contribution is 7.99. The molecular weight excluding hydrogens is 316 g/mol. The predicted molar refractivity (Wildman–Crippen MR) is 96.5 cm³/mol. The zero-order valence-electron chi connectivity index (χ0n) is 13.6. The molecule has 5 heteroatoms. The highest BCUT2D eigenvalue weighted by Gasteiger charge is 2.41. The summed E-state index contributed by atoms with van der Waals surface area (Å²) in [7, 11) is 0. The van der Waals surface area contributed by atoms with Gasteiger partial charge in [-0.15, -0.1) is 12.4 Å². The lowest BCUT2D eigenvalue weighted by molar-refractivity contribution is -0.128. The average molecular weight is 347 g/mol. The second-order valence-electron chi connectivity index (χ2n) is 7.24. The minimum Gasteiger partial charge on any atom is -0.352 e. The first-order valence-electron chi connectivity index (χ1n) is 8.86. The second kappa shape index (κ2) is 8.25. The second-order valence-corrected chi connectivity index (χ2v) is 8.75. The first-order chi connectivity index (χ1) is 10.2. The van der Waals surface area contributed by atoms with Gasteiger partial charge < -0.3 is 11.1 Å². The van der Waals surface area contributed by atoms with Crippen LogP contribution in [0.15, 0.2) is 0 Å². The third-order valence-electron chi connectivity index (χ3n) is 5.94. The fourth-order valence-corrected chi connectivity index (χ4v) is 6.01. The van der Waals surface area contributed by atoms with Gasteiger partial charge in [-0.1, -0.05) is 19.8 Å². The van der Waals surface area contributed by atoms with Crippen molar-refractivity contribution in [1.82, 2.24) is 5.32 Å². The molecule has 2 bridgehead atoms. The van der Waals surface area contributed by atoms with Crippen LogP contribution in [0.25, 0.3) is 0 Å². The molecule has 0 heterocycles. The SMILES string of the molecule is CCSC1CCCC1NC(=O)C1CC2CCCC(C1)C2N.Cl. The Kier molecular flexibility index (Phi) is 6.91. The van der Waals surface area contributed by atoms with E-state index in [1.54, 1.807) is 0 Å². The van der Waals surface area contributed by atoms with Crippen molar-refractivity contribution in [1.29, 1.82) is 0 Å². The van der Waals surface area contributed by atoms with Crippen molar-refractivity contribution in [3.63, 3.8) is 0 Å². The third-order valence-corrected chi connectivity index (χ3v) is 7.27. The third kappa shape index (κ3) is 3.93. The summed E-state index contributed by atoms with van der Waals surface area (Å²) < 4.78 is 0. The summed E-state index contributed by atoms with van der Waals surface area (Å²) >= 11 is 2.02. The number of carbonyl (C=O) groups is 1. The zero-order chi connectivity index (χ0) is 14.8. The lowest BCUT2D eigenvalue weighted by Crippen LogP contribution is -2.50. The van der Waals surface area contributed by atoms with Crippen molar-refractivity contribution < 1.29 is 4.79 Å². The molecule has 0 radical (unpaired) electrons. The van der Waals surface area contributed by atoms with Crippen LogP contribution in [0.3, 0.4) is 0 Å². The molecule has 0 aromatic rings. The van der Waals surface area contributed by atoms with Crippen molar-refractivity contribution in [2.24, 2.45) is 23.5 Å². The molecule has 1 amide bonds. The van der Waals surface area contributed by atoms with Gasteiger partial charge in [0.1, 0.15) is 0 Å². The Morgan fingerprint density at radius 1 is 1.14 bits per heavy atom. The average Bonchev–Trinajstić information content (AvgIpc) is 2.86. The molecule has 3 N–H and O–H groups in total. The summed E-state index contributed by atoms with van der Waals surface area (Å²) in [6.07, 6.45) is 9.55. The zero-order valence-corrected chi connectivity index (χ0v) is 15.3. The largest absolute Gasteiger partial charge is 0.352 e. The van der Waals surface area contributed by atoms with E-state index in [0.717, 1.165) is 18.6 Å². The van der Waals surface area contributed by atoms with Gasteiger partial charge in [-0.05, 0) is 56.1 Å². The minimum absolute atomic E-state index is 0. The van der Waals surface area contributed by atoms with Crippen LogP contribution in [-0.2, 0) is 4.79 Å². The number of amides is 1. The molecule has 3 rings (SSSR count). The summed E-state index contributed by atoms with van der Waals surface area (Å²) in [5.74, 6) is 2.90. The summed E-state index contributed by atoms with van der Waals surface area (Å²) in [6.45, 7) is 2.21. The minimum atomic E-state index is 0. The maximum absolute atomic E-state index is 12.7. The van der Waals surface area contributed by atoms with Crippen LogP contribution < -0.4 is 11.1 Å². The van der Waals surface area contributed by atoms with E-state index in [0.29, 0.717) is 35.1 Å². The summed E-state index contributed by atoms with van der Waals surface area (Å²) in [6, 6.07) is 0.774. The molecule has 0 aliphatic heterocycles. The van der Waals surface area contributed by atoms with E-state index in [9.17, 15) is 4.79 Å². The van der Waals surface area contributed by atoms with Gasteiger partial charge >= 0.3 is 0 Å². The normalized spacial score (nSPS) is 40.8. The Balaban J connectivity index is 0.00000176. The van der Waals surface area contributed by atoms with Crippen LogP contribution in [0.5, 0.6) is 0 Å². The van der Waals surface area contributed by atoms with Crippen molar-refractivity contribution in [3.8, 4) is 0 Å². The van der Waals surface area contributed by atoms with E-state index in [1.165, 1.54) is 38.5 Å². The van der Waals surface area contributed by atoms with Gasteiger partial charge in [-0.25, -0.2) is 0 Å². The first kappa shape index (κ1) is 18.4. The number of thioether (sulfide) groups is 1. The molecule has 3 fully saturated rings. The van der Waals surface area contributed by atoms with Gasteiger partial charge in [0.2, 0.25) is 5.91 Å². The van der Waals surface area contributed by atoms with Crippen molar-refractivity contribution in [2.45, 2.75) is 75.6 Å². The number of fused-ring (bicyclic) bond motifs is 2. The molecule has 3 saturated carbocycles. The Labute approximate surface area is 145 Å². The molecule has 3 aliphatic carbocycles. The van der Waals surface area contributed by atoms with E-state index in [4.69, 9.17) is 5.73 Å². The molecule has 4 atom stereocenters. The van der Waals surface area contributed by atoms with Crippen LogP contribution in [0.4, 0.5) is 0 Å². The number of rotatable bonds is 4. The van der Waals surface area contributed by atoms with Gasteiger partial charge in [0.05, 0.1) is 0 Å². The van der Waals surface area contributed by atoms with Gasteiger partial charge in [0, 0.05) is 23.3 Å². The van der Waals surface area contributed by atoms with Crippen LogP contribution in [0.2, 0.25) is 0 Å². The summed E-state index contributed by atoms with van der Waals surface area (Å²) in [5.41, 5.74) is 6.34. The van der Waals surface area contributed by atoms with E-state index in [1.807, 2.05) is 11.8 Å². The van der Waals surface area contributed by atoms with Crippen LogP contribution in [-0.4, -0.2) is 29.0 Å². The van der Waals surface area contributed by atoms with Crippen LogP contribution >= 0.6 is 24.2 Å². The Morgan fingerprint density at radius 2 is 1.77 bits per heavy atom. The molecule has 22 heavy (non-hydrogen) atoms. The molecule has 128 valence electrons. The Morgan fingerprint density at radius 3 is 2.41 bits per heavy atom. The van der Waals surface area contributed by atoms with Crippen LogP contribution in [0, 0.1) is 17.8 Å². The monoisotopic (exact) mass is 346 g/mol. The van der Waals surface area contributed by atoms with Crippen molar-refractivity contribution in [2.75, 3.05) is 5.75 Å². The van der Waals surface area contributed by atoms with Crippen molar-refractivity contribution >= 4 is 30.1 Å². The molecule has 0 aromatic heterocycles. The van der Waals surface area contributed by atoms with E-state index in [-0.39, 0.29) is 18.3 Å². The number of nitrogens with two attached hydrogens (primary N) is 1. The van der Waals surface area contributed by atoms with Gasteiger partial charge in [0.15, 0.2) is 0 Å². The molecule has 3 aliphatic rings. The number of halogens is 1. The molecule has 0 saturated heterocycles. The van der Waals surface area contributed by atoms with E-state index < -0.39 is 0 Å². The van der Waals surface area contributed by atoms with Gasteiger partial charge in [-0.3, -0.25) is 4.79 Å². The standard InChI is InChI=1S/C17H30N2OS.ClH/c1-2-21-15-8-4-7-14(15)19-17(20)13-9-11-5-3-6-12(10-13)16(11)18;/h11-16H,2-10,18H2,1H3,(H,19,20);1H. The highest BCUT2D eigenvalue weighted by atomic mass is 35.5. The van der Waals surface area contributed by atoms with Crippen molar-refractivity contribution in [3.05, 3.63) is 0 Å². The van der Waals surface area contributed by atoms with Crippen LogP contribution in [0.1, 0.15) is 58.3 Å². The molecule has 0 spiro atoms. The summed E-state index contributed by atoms with van der Waals surface area (Å²) in [5, 5.41) is 4.03. The lowest BCUT2D eigenvalue weighted by atomic mass is 9.65.